The number of benzene rings is 2. The first kappa shape index (κ1) is 29.2. The Morgan fingerprint density at radius 2 is 1.85 bits per heavy atom. The van der Waals surface area contributed by atoms with Gasteiger partial charge >= 0.3 is 12.3 Å². The fraction of sp³-hybridized carbons (Fsp3) is 0.464. The lowest BCUT2D eigenvalue weighted by Crippen LogP contribution is -2.40. The molecule has 1 heterocycles. The summed E-state index contributed by atoms with van der Waals surface area (Å²) < 4.78 is 59.0. The second-order valence-electron chi connectivity index (χ2n) is 11.3. The van der Waals surface area contributed by atoms with Crippen LogP contribution in [-0.4, -0.2) is 50.9 Å². The summed E-state index contributed by atoms with van der Waals surface area (Å²) in [7, 11) is 1.29. The number of carboxylic acids is 1. The van der Waals surface area contributed by atoms with Crippen molar-refractivity contribution >= 4 is 34.5 Å². The minimum absolute atomic E-state index is 0.00306. The molecule has 0 radical (unpaired) electrons. The van der Waals surface area contributed by atoms with Gasteiger partial charge in [-0.1, -0.05) is 20.8 Å². The lowest BCUT2D eigenvalue weighted by Gasteiger charge is -2.40. The second-order valence-corrected chi connectivity index (χ2v) is 11.3. The van der Waals surface area contributed by atoms with Gasteiger partial charge in [0.15, 0.2) is 0 Å². The number of anilines is 2. The van der Waals surface area contributed by atoms with Gasteiger partial charge in [-0.3, -0.25) is 4.79 Å². The van der Waals surface area contributed by atoms with Crippen molar-refractivity contribution in [2.75, 3.05) is 12.4 Å². The number of aliphatic carboxylic acids is 1. The Kier molecular flexibility index (Phi) is 7.75. The minimum atomic E-state index is -4.82. The van der Waals surface area contributed by atoms with Crippen LogP contribution < -0.4 is 10.1 Å². The zero-order valence-electron chi connectivity index (χ0n) is 22.8. The van der Waals surface area contributed by atoms with E-state index in [1.165, 1.54) is 50.4 Å². The third-order valence-corrected chi connectivity index (χ3v) is 7.34. The molecule has 8 nitrogen and oxygen atoms in total. The molecule has 1 amide bonds. The number of hydrogen-bond acceptors (Lipinski definition) is 5. The van der Waals surface area contributed by atoms with Crippen molar-refractivity contribution in [2.45, 2.75) is 65.4 Å². The molecule has 0 saturated heterocycles. The number of ether oxygens (including phenoxy) is 1. The summed E-state index contributed by atoms with van der Waals surface area (Å²) in [4.78, 5) is 29.9. The predicted octanol–water partition coefficient (Wildman–Crippen LogP) is 6.75. The molecule has 216 valence electrons. The highest BCUT2D eigenvalue weighted by Gasteiger charge is 2.35. The van der Waals surface area contributed by atoms with E-state index in [2.05, 4.69) is 35.8 Å². The van der Waals surface area contributed by atoms with Gasteiger partial charge in [-0.15, -0.1) is 13.2 Å². The molecule has 1 unspecified atom stereocenters. The Morgan fingerprint density at radius 3 is 2.42 bits per heavy atom. The number of carbonyl (C=O) groups excluding carboxylic acids is 1. The summed E-state index contributed by atoms with van der Waals surface area (Å²) in [5, 5.41) is 12.4. The van der Waals surface area contributed by atoms with Crippen LogP contribution in [0.2, 0.25) is 0 Å². The number of hydrogen-bond donors (Lipinski definition) is 2. The van der Waals surface area contributed by atoms with Crippen molar-refractivity contribution < 1.29 is 37.0 Å². The molecular formula is C28H32F4N4O4. The molecule has 3 aromatic rings. The molecule has 0 spiro atoms. The number of aromatic nitrogens is 2. The Labute approximate surface area is 228 Å². The lowest BCUT2D eigenvalue weighted by atomic mass is 9.70. The largest absolute Gasteiger partial charge is 0.573 e. The highest BCUT2D eigenvalue weighted by Crippen LogP contribution is 2.46. The summed E-state index contributed by atoms with van der Waals surface area (Å²) in [6.45, 7) is 7.80. The Hall–Kier alpha value is -3.83. The van der Waals surface area contributed by atoms with Crippen molar-refractivity contribution in [3.05, 3.63) is 47.8 Å². The van der Waals surface area contributed by atoms with E-state index in [1.807, 2.05) is 4.57 Å². The third-order valence-electron chi connectivity index (χ3n) is 7.34. The van der Waals surface area contributed by atoms with Crippen LogP contribution in [0.4, 0.5) is 29.2 Å². The number of amides is 1. The molecule has 1 aromatic heterocycles. The van der Waals surface area contributed by atoms with Gasteiger partial charge in [0, 0.05) is 24.8 Å². The number of imidazole rings is 1. The van der Waals surface area contributed by atoms with Crippen molar-refractivity contribution in [1.82, 2.24) is 14.5 Å². The number of nitrogens with one attached hydrogen (secondary N) is 1. The van der Waals surface area contributed by atoms with Gasteiger partial charge in [0.1, 0.15) is 17.6 Å². The van der Waals surface area contributed by atoms with Crippen molar-refractivity contribution in [3.8, 4) is 5.75 Å². The van der Waals surface area contributed by atoms with E-state index >= 15 is 4.39 Å². The highest BCUT2D eigenvalue weighted by atomic mass is 19.4. The van der Waals surface area contributed by atoms with Crippen LogP contribution in [0, 0.1) is 17.2 Å². The van der Waals surface area contributed by atoms with Crippen LogP contribution in [0.1, 0.15) is 63.4 Å². The van der Waals surface area contributed by atoms with Crippen LogP contribution in [0.15, 0.2) is 36.4 Å². The van der Waals surface area contributed by atoms with Crippen LogP contribution in [0.3, 0.4) is 0 Å². The zero-order chi connectivity index (χ0) is 29.6. The Morgan fingerprint density at radius 1 is 1.20 bits per heavy atom. The molecule has 1 fully saturated rings. The summed E-state index contributed by atoms with van der Waals surface area (Å²) in [6, 6.07) is 6.45. The van der Waals surface area contributed by atoms with Crippen molar-refractivity contribution in [1.29, 1.82) is 0 Å². The van der Waals surface area contributed by atoms with Crippen LogP contribution in [0.25, 0.3) is 11.0 Å². The fourth-order valence-corrected chi connectivity index (χ4v) is 5.63. The normalized spacial score (nSPS) is 19.7. The smallest absolute Gasteiger partial charge is 0.480 e. The standard InChI is InChI=1S/C28H32F4N4O4/c1-15-10-18(14-27(3,4)13-15)36-23-12-21(29)20(24(37)35(5)16(2)25(38)39)11-22(23)34-26(36)33-17-6-8-19(9-7-17)40-28(30,31)32/h6-9,11-12,15-16,18H,10,13-14H2,1-5H3,(H,33,34)(H,38,39)/t15-,16?,18+/m0/s1. The first-order valence-corrected chi connectivity index (χ1v) is 12.9. The number of alkyl halides is 3. The van der Waals surface area contributed by atoms with Gasteiger partial charge in [-0.25, -0.2) is 14.2 Å². The quantitative estimate of drug-likeness (QED) is 0.308. The topological polar surface area (TPSA) is 96.7 Å². The van der Waals surface area contributed by atoms with Gasteiger partial charge < -0.3 is 24.6 Å². The van der Waals surface area contributed by atoms with Gasteiger partial charge in [-0.05, 0) is 67.9 Å². The predicted molar refractivity (Wildman–Crippen MR) is 141 cm³/mol. The number of halogens is 4. The van der Waals surface area contributed by atoms with Crippen LogP contribution >= 0.6 is 0 Å². The van der Waals surface area contributed by atoms with Gasteiger partial charge in [0.25, 0.3) is 5.91 Å². The van der Waals surface area contributed by atoms with E-state index in [-0.39, 0.29) is 22.8 Å². The zero-order valence-corrected chi connectivity index (χ0v) is 22.8. The number of nitrogens with zero attached hydrogens (tertiary/aromatic N) is 3. The maximum absolute atomic E-state index is 15.4. The van der Waals surface area contributed by atoms with Gasteiger partial charge in [0.05, 0.1) is 16.6 Å². The molecule has 12 heteroatoms. The number of carboxylic acid groups (broad SMARTS) is 1. The SMILES string of the molecule is CC(C(=O)O)N(C)C(=O)c1cc2nc(Nc3ccc(OC(F)(F)F)cc3)n([C@@H]3C[C@H](C)CC(C)(C)C3)c2cc1F. The fourth-order valence-electron chi connectivity index (χ4n) is 5.63. The molecule has 1 aliphatic carbocycles. The van der Waals surface area contributed by atoms with Crippen molar-refractivity contribution in [2.24, 2.45) is 11.3 Å². The summed E-state index contributed by atoms with van der Waals surface area (Å²) >= 11 is 0. The maximum atomic E-state index is 15.4. The first-order chi connectivity index (χ1) is 18.5. The van der Waals surface area contributed by atoms with E-state index in [4.69, 9.17) is 0 Å². The summed E-state index contributed by atoms with van der Waals surface area (Å²) in [5.41, 5.74) is 0.872. The van der Waals surface area contributed by atoms with E-state index in [0.29, 0.717) is 28.6 Å². The number of rotatable bonds is 7. The molecule has 1 saturated carbocycles. The molecule has 0 aliphatic heterocycles. The molecule has 0 bridgehead atoms. The Balaban J connectivity index is 1.78. The molecule has 1 aliphatic rings. The number of fused-ring (bicyclic) bond motifs is 1. The molecular weight excluding hydrogens is 532 g/mol. The summed E-state index contributed by atoms with van der Waals surface area (Å²) in [6.07, 6.45) is -2.23. The molecule has 4 rings (SSSR count). The Bertz CT molecular complexity index is 1420. The average Bonchev–Trinajstić information content (AvgIpc) is 3.17. The van der Waals surface area contributed by atoms with Crippen molar-refractivity contribution in [3.63, 3.8) is 0 Å². The number of carbonyl (C=O) groups is 2. The van der Waals surface area contributed by atoms with Crippen LogP contribution in [-0.2, 0) is 4.79 Å². The monoisotopic (exact) mass is 564 g/mol. The van der Waals surface area contributed by atoms with E-state index in [1.54, 1.807) is 0 Å². The lowest BCUT2D eigenvalue weighted by molar-refractivity contribution is -0.274. The maximum Gasteiger partial charge on any atom is 0.573 e. The molecule has 3 atom stereocenters. The number of likely N-dealkylation sites (N-methyl/N-ethyl adjacent to an activating group) is 1. The van der Waals surface area contributed by atoms with Gasteiger partial charge in [0.2, 0.25) is 5.95 Å². The van der Waals surface area contributed by atoms with E-state index in [9.17, 15) is 27.9 Å². The van der Waals surface area contributed by atoms with Crippen LogP contribution in [0.5, 0.6) is 5.75 Å². The first-order valence-electron chi connectivity index (χ1n) is 12.9. The molecule has 2 aromatic carbocycles. The summed E-state index contributed by atoms with van der Waals surface area (Å²) in [5.74, 6) is -2.51. The van der Waals surface area contributed by atoms with E-state index in [0.717, 1.165) is 24.2 Å². The highest BCUT2D eigenvalue weighted by molar-refractivity contribution is 5.99. The molecule has 2 N–H and O–H groups in total. The van der Waals surface area contributed by atoms with E-state index < -0.39 is 30.1 Å². The second kappa shape index (κ2) is 10.6. The minimum Gasteiger partial charge on any atom is -0.480 e. The van der Waals surface area contributed by atoms with Gasteiger partial charge in [-0.2, -0.15) is 0 Å². The third kappa shape index (κ3) is 6.31. The average molecular weight is 565 g/mol. The molecule has 40 heavy (non-hydrogen) atoms.